The number of hydrogen-bond donors (Lipinski definition) is 1. The number of nitrogens with one attached hydrogen (secondary N) is 1. The Kier molecular flexibility index (Phi) is 5.07. The molecule has 0 saturated carbocycles. The van der Waals surface area contributed by atoms with Crippen LogP contribution in [0.15, 0.2) is 24.3 Å². The van der Waals surface area contributed by atoms with Gasteiger partial charge >= 0.3 is 6.18 Å². The van der Waals surface area contributed by atoms with Crippen LogP contribution in [0.3, 0.4) is 0 Å². The summed E-state index contributed by atoms with van der Waals surface area (Å²) in [4.78, 5) is 14.2. The molecule has 2 aliphatic rings. The highest BCUT2D eigenvalue weighted by molar-refractivity contribution is 5.83. The Morgan fingerprint density at radius 3 is 2.46 bits per heavy atom. The number of benzene rings is 1. The SMILES string of the molecule is O=C1NCCN(CCC2OCCO2)[C@@H]1c1ccc(C(F)(F)F)cc1. The molecule has 3 rings (SSSR count). The summed E-state index contributed by atoms with van der Waals surface area (Å²) in [5, 5.41) is 2.77. The zero-order chi connectivity index (χ0) is 17.2. The van der Waals surface area contributed by atoms with Crippen molar-refractivity contribution < 1.29 is 27.4 Å². The second-order valence-electron chi connectivity index (χ2n) is 5.81. The summed E-state index contributed by atoms with van der Waals surface area (Å²) in [7, 11) is 0. The van der Waals surface area contributed by atoms with E-state index in [1.165, 1.54) is 12.1 Å². The Hall–Kier alpha value is -1.64. The zero-order valence-electron chi connectivity index (χ0n) is 13.0. The Bertz CT molecular complexity index is 571. The molecule has 0 unspecified atom stereocenters. The van der Waals surface area contributed by atoms with E-state index in [0.29, 0.717) is 44.8 Å². The van der Waals surface area contributed by atoms with Crippen molar-refractivity contribution in [2.24, 2.45) is 0 Å². The molecule has 0 spiro atoms. The van der Waals surface area contributed by atoms with Gasteiger partial charge in [0, 0.05) is 26.1 Å². The second kappa shape index (κ2) is 7.08. The molecule has 1 aromatic carbocycles. The molecule has 1 N–H and O–H groups in total. The Labute approximate surface area is 137 Å². The number of piperazine rings is 1. The molecule has 1 aromatic rings. The maximum Gasteiger partial charge on any atom is 0.416 e. The molecule has 0 aliphatic carbocycles. The molecule has 2 heterocycles. The highest BCUT2D eigenvalue weighted by Gasteiger charge is 2.34. The monoisotopic (exact) mass is 344 g/mol. The molecule has 132 valence electrons. The predicted octanol–water partition coefficient (Wildman–Crippen LogP) is 1.94. The zero-order valence-corrected chi connectivity index (χ0v) is 13.0. The Morgan fingerprint density at radius 2 is 1.83 bits per heavy atom. The molecular weight excluding hydrogens is 325 g/mol. The van der Waals surface area contributed by atoms with Gasteiger partial charge in [-0.3, -0.25) is 9.69 Å². The molecule has 0 aromatic heterocycles. The summed E-state index contributed by atoms with van der Waals surface area (Å²) >= 11 is 0. The van der Waals surface area contributed by atoms with Gasteiger partial charge in [0.1, 0.15) is 6.04 Å². The molecule has 2 fully saturated rings. The van der Waals surface area contributed by atoms with Gasteiger partial charge in [-0.1, -0.05) is 12.1 Å². The summed E-state index contributed by atoms with van der Waals surface area (Å²) in [5.41, 5.74) is -0.171. The first-order chi connectivity index (χ1) is 11.4. The highest BCUT2D eigenvalue weighted by Crippen LogP contribution is 2.31. The number of ether oxygens (including phenoxy) is 2. The lowest BCUT2D eigenvalue weighted by molar-refractivity contribution is -0.137. The number of halogens is 3. The third-order valence-electron chi connectivity index (χ3n) is 4.21. The fourth-order valence-electron chi connectivity index (χ4n) is 3.02. The van der Waals surface area contributed by atoms with Gasteiger partial charge in [0.2, 0.25) is 5.91 Å². The van der Waals surface area contributed by atoms with E-state index in [-0.39, 0.29) is 12.2 Å². The average molecular weight is 344 g/mol. The van der Waals surface area contributed by atoms with Gasteiger partial charge in [-0.2, -0.15) is 13.2 Å². The number of hydrogen-bond acceptors (Lipinski definition) is 4. The lowest BCUT2D eigenvalue weighted by Gasteiger charge is -2.35. The predicted molar refractivity (Wildman–Crippen MR) is 79.1 cm³/mol. The molecule has 5 nitrogen and oxygen atoms in total. The number of alkyl halides is 3. The van der Waals surface area contributed by atoms with Crippen LogP contribution in [0.25, 0.3) is 0 Å². The minimum absolute atomic E-state index is 0.200. The first-order valence-electron chi connectivity index (χ1n) is 7.87. The molecule has 24 heavy (non-hydrogen) atoms. The third-order valence-corrected chi connectivity index (χ3v) is 4.21. The number of rotatable bonds is 4. The summed E-state index contributed by atoms with van der Waals surface area (Å²) in [6, 6.07) is 4.17. The maximum atomic E-state index is 12.7. The molecule has 1 atom stereocenters. The van der Waals surface area contributed by atoms with Crippen molar-refractivity contribution in [2.75, 3.05) is 32.8 Å². The first kappa shape index (κ1) is 17.2. The summed E-state index contributed by atoms with van der Waals surface area (Å²) < 4.78 is 48.9. The van der Waals surface area contributed by atoms with Crippen LogP contribution >= 0.6 is 0 Å². The summed E-state index contributed by atoms with van der Waals surface area (Å²) in [5.74, 6) is -0.200. The summed E-state index contributed by atoms with van der Waals surface area (Å²) in [6.07, 6.45) is -4.04. The second-order valence-corrected chi connectivity index (χ2v) is 5.81. The van der Waals surface area contributed by atoms with Gasteiger partial charge in [0.05, 0.1) is 18.8 Å². The highest BCUT2D eigenvalue weighted by atomic mass is 19.4. The van der Waals surface area contributed by atoms with Crippen LogP contribution in [0.4, 0.5) is 13.2 Å². The topological polar surface area (TPSA) is 50.8 Å². The standard InChI is InChI=1S/C16H19F3N2O3/c17-16(18,19)12-3-1-11(2-4-12)14-15(22)20-6-8-21(14)7-5-13-23-9-10-24-13/h1-4,13-14H,5-10H2,(H,20,22)/t14-/m1/s1. The van der Waals surface area contributed by atoms with Crippen molar-refractivity contribution in [3.63, 3.8) is 0 Å². The van der Waals surface area contributed by atoms with E-state index in [1.54, 1.807) is 0 Å². The molecule has 0 radical (unpaired) electrons. The van der Waals surface area contributed by atoms with Crippen LogP contribution in [0.5, 0.6) is 0 Å². The fourth-order valence-corrected chi connectivity index (χ4v) is 3.02. The normalized spacial score (nSPS) is 23.5. The van der Waals surface area contributed by atoms with Gasteiger partial charge in [0.25, 0.3) is 0 Å². The lowest BCUT2D eigenvalue weighted by atomic mass is 10.0. The van der Waals surface area contributed by atoms with Crippen molar-refractivity contribution in [1.82, 2.24) is 10.2 Å². The molecule has 0 bridgehead atoms. The van der Waals surface area contributed by atoms with Crippen LogP contribution < -0.4 is 5.32 Å². The first-order valence-corrected chi connectivity index (χ1v) is 7.87. The number of nitrogens with zero attached hydrogens (tertiary/aromatic N) is 1. The largest absolute Gasteiger partial charge is 0.416 e. The molecule has 8 heteroatoms. The number of carbonyl (C=O) groups excluding carboxylic acids is 1. The van der Waals surface area contributed by atoms with Gasteiger partial charge in [-0.15, -0.1) is 0 Å². The van der Waals surface area contributed by atoms with Crippen LogP contribution in [0.2, 0.25) is 0 Å². The van der Waals surface area contributed by atoms with E-state index >= 15 is 0 Å². The van der Waals surface area contributed by atoms with Crippen molar-refractivity contribution in [3.8, 4) is 0 Å². The average Bonchev–Trinajstić information content (AvgIpc) is 3.06. The van der Waals surface area contributed by atoms with E-state index in [2.05, 4.69) is 5.32 Å². The van der Waals surface area contributed by atoms with Crippen LogP contribution in [-0.2, 0) is 20.4 Å². The molecular formula is C16H19F3N2O3. The van der Waals surface area contributed by atoms with Crippen LogP contribution in [-0.4, -0.2) is 49.9 Å². The van der Waals surface area contributed by atoms with Crippen molar-refractivity contribution in [3.05, 3.63) is 35.4 Å². The molecule has 1 amide bonds. The summed E-state index contributed by atoms with van der Waals surface area (Å²) in [6.45, 7) is 2.84. The van der Waals surface area contributed by atoms with E-state index < -0.39 is 17.8 Å². The van der Waals surface area contributed by atoms with Gasteiger partial charge < -0.3 is 14.8 Å². The van der Waals surface area contributed by atoms with Crippen molar-refractivity contribution >= 4 is 5.91 Å². The third kappa shape index (κ3) is 3.88. The quantitative estimate of drug-likeness (QED) is 0.907. The maximum absolute atomic E-state index is 12.7. The van der Waals surface area contributed by atoms with Crippen molar-refractivity contribution in [2.45, 2.75) is 24.9 Å². The van der Waals surface area contributed by atoms with E-state index in [4.69, 9.17) is 9.47 Å². The van der Waals surface area contributed by atoms with E-state index in [1.807, 2.05) is 4.90 Å². The van der Waals surface area contributed by atoms with Crippen LogP contribution in [0.1, 0.15) is 23.6 Å². The lowest BCUT2D eigenvalue weighted by Crippen LogP contribution is -2.50. The van der Waals surface area contributed by atoms with Gasteiger partial charge in [-0.25, -0.2) is 0 Å². The van der Waals surface area contributed by atoms with Crippen molar-refractivity contribution in [1.29, 1.82) is 0 Å². The number of amides is 1. The fraction of sp³-hybridized carbons (Fsp3) is 0.562. The van der Waals surface area contributed by atoms with E-state index in [0.717, 1.165) is 12.1 Å². The minimum Gasteiger partial charge on any atom is -0.353 e. The molecule has 2 saturated heterocycles. The smallest absolute Gasteiger partial charge is 0.353 e. The van der Waals surface area contributed by atoms with Gasteiger partial charge in [0.15, 0.2) is 6.29 Å². The number of carbonyl (C=O) groups is 1. The Morgan fingerprint density at radius 1 is 1.17 bits per heavy atom. The van der Waals surface area contributed by atoms with E-state index in [9.17, 15) is 18.0 Å². The minimum atomic E-state index is -4.38. The van der Waals surface area contributed by atoms with Crippen LogP contribution in [0, 0.1) is 0 Å². The Balaban J connectivity index is 1.72. The van der Waals surface area contributed by atoms with Gasteiger partial charge in [-0.05, 0) is 17.7 Å². The molecule has 2 aliphatic heterocycles.